The third-order valence-corrected chi connectivity index (χ3v) is 6.66. The van der Waals surface area contributed by atoms with E-state index in [-0.39, 0.29) is 5.82 Å². The van der Waals surface area contributed by atoms with Crippen molar-refractivity contribution < 1.29 is 4.39 Å². The molecule has 0 spiro atoms. The number of rotatable bonds is 7. The number of likely N-dealkylation sites (tertiary alicyclic amines) is 1. The smallest absolute Gasteiger partial charge is 0.229 e. The minimum absolute atomic E-state index is 0.307. The van der Waals surface area contributed by atoms with Crippen LogP contribution in [0, 0.1) is 34.6 Å². The molecule has 33 heavy (non-hydrogen) atoms. The van der Waals surface area contributed by atoms with Crippen LogP contribution in [0.1, 0.15) is 42.0 Å². The highest BCUT2D eigenvalue weighted by Gasteiger charge is 2.23. The number of H-pyrrole nitrogens is 1. The number of nitrogens with zero attached hydrogens (tertiary/aromatic N) is 5. The summed E-state index contributed by atoms with van der Waals surface area (Å²) in [6, 6.07) is 7.55. The molecule has 3 N–H and O–H groups in total. The van der Waals surface area contributed by atoms with Crippen molar-refractivity contribution in [1.29, 1.82) is 5.26 Å². The van der Waals surface area contributed by atoms with E-state index in [1.165, 1.54) is 0 Å². The largest absolute Gasteiger partial charge is 0.322 e. The van der Waals surface area contributed by atoms with Gasteiger partial charge >= 0.3 is 0 Å². The van der Waals surface area contributed by atoms with E-state index in [9.17, 15) is 0 Å². The number of piperidine rings is 1. The Balaban J connectivity index is 1.47. The SMILES string of the molecule is Cc1cc(Nc2nc(Nc3cc(C)c(C4CCN(CCC#N)CC4)cc3F)ncc2I)n[nH]1. The van der Waals surface area contributed by atoms with E-state index in [0.717, 1.165) is 52.9 Å². The Kier molecular flexibility index (Phi) is 7.39. The van der Waals surface area contributed by atoms with Gasteiger partial charge in [0.25, 0.3) is 0 Å². The predicted octanol–water partition coefficient (Wildman–Crippen LogP) is 5.14. The first-order valence-corrected chi connectivity index (χ1v) is 12.0. The van der Waals surface area contributed by atoms with Crippen LogP contribution < -0.4 is 10.6 Å². The van der Waals surface area contributed by atoms with Crippen LogP contribution in [0.4, 0.5) is 27.7 Å². The fourth-order valence-corrected chi connectivity index (χ4v) is 4.54. The second kappa shape index (κ2) is 10.4. The maximum Gasteiger partial charge on any atom is 0.229 e. The maximum atomic E-state index is 15.0. The highest BCUT2D eigenvalue weighted by molar-refractivity contribution is 14.1. The fraction of sp³-hybridized carbons (Fsp3) is 0.391. The van der Waals surface area contributed by atoms with Gasteiger partial charge in [0.05, 0.1) is 15.3 Å². The number of aromatic nitrogens is 4. The van der Waals surface area contributed by atoms with Crippen molar-refractivity contribution >= 4 is 45.9 Å². The molecule has 0 unspecified atom stereocenters. The molecule has 0 saturated carbocycles. The van der Waals surface area contributed by atoms with Crippen LogP contribution in [0.5, 0.6) is 0 Å². The third-order valence-electron chi connectivity index (χ3n) is 5.87. The van der Waals surface area contributed by atoms with Crippen molar-refractivity contribution in [3.8, 4) is 6.07 Å². The molecular weight excluding hydrogens is 534 g/mol. The number of halogens is 2. The molecule has 0 bridgehead atoms. The Morgan fingerprint density at radius 2 is 2.03 bits per heavy atom. The number of benzene rings is 1. The number of hydrogen-bond acceptors (Lipinski definition) is 7. The Bertz CT molecular complexity index is 1160. The van der Waals surface area contributed by atoms with E-state index >= 15 is 4.39 Å². The first-order valence-electron chi connectivity index (χ1n) is 10.9. The maximum absolute atomic E-state index is 15.0. The summed E-state index contributed by atoms with van der Waals surface area (Å²) >= 11 is 2.14. The topological polar surface area (TPSA) is 106 Å². The van der Waals surface area contributed by atoms with Crippen LogP contribution in [0.3, 0.4) is 0 Å². The molecule has 0 radical (unpaired) electrons. The summed E-state index contributed by atoms with van der Waals surface area (Å²) in [6.45, 7) is 6.63. The first-order chi connectivity index (χ1) is 15.9. The van der Waals surface area contributed by atoms with Gasteiger partial charge in [0, 0.05) is 30.9 Å². The van der Waals surface area contributed by atoms with Gasteiger partial charge in [-0.2, -0.15) is 15.3 Å². The average molecular weight is 560 g/mol. The number of hydrogen-bond donors (Lipinski definition) is 3. The quantitative estimate of drug-likeness (QED) is 0.344. The summed E-state index contributed by atoms with van der Waals surface area (Å²) in [5, 5.41) is 22.0. The van der Waals surface area contributed by atoms with E-state index < -0.39 is 0 Å². The van der Waals surface area contributed by atoms with Crippen LogP contribution >= 0.6 is 22.6 Å². The molecular formula is C23H26FIN8. The van der Waals surface area contributed by atoms with Gasteiger partial charge in [0.1, 0.15) is 5.82 Å². The van der Waals surface area contributed by atoms with Crippen molar-refractivity contribution in [2.75, 3.05) is 30.3 Å². The molecule has 1 aliphatic heterocycles. The summed E-state index contributed by atoms with van der Waals surface area (Å²) in [7, 11) is 0. The number of nitriles is 1. The normalized spacial score (nSPS) is 14.8. The minimum atomic E-state index is -0.318. The number of anilines is 4. The lowest BCUT2D eigenvalue weighted by Crippen LogP contribution is -2.33. The molecule has 3 aromatic rings. The summed E-state index contributed by atoms with van der Waals surface area (Å²) in [6.07, 6.45) is 4.18. The Hall–Kier alpha value is -2.78. The van der Waals surface area contributed by atoms with Crippen molar-refractivity contribution in [3.63, 3.8) is 0 Å². The van der Waals surface area contributed by atoms with Gasteiger partial charge < -0.3 is 15.5 Å². The Labute approximate surface area is 206 Å². The van der Waals surface area contributed by atoms with Crippen molar-refractivity contribution in [3.05, 3.63) is 50.6 Å². The zero-order chi connectivity index (χ0) is 23.4. The lowest BCUT2D eigenvalue weighted by molar-refractivity contribution is 0.216. The van der Waals surface area contributed by atoms with E-state index in [1.807, 2.05) is 26.0 Å². The molecule has 1 aromatic carbocycles. The van der Waals surface area contributed by atoms with Crippen LogP contribution in [-0.2, 0) is 0 Å². The fourth-order valence-electron chi connectivity index (χ4n) is 4.15. The molecule has 0 amide bonds. The van der Waals surface area contributed by atoms with Gasteiger partial charge in [-0.15, -0.1) is 0 Å². The van der Waals surface area contributed by atoms with Crippen LogP contribution in [-0.4, -0.2) is 44.7 Å². The number of aromatic amines is 1. The van der Waals surface area contributed by atoms with Gasteiger partial charge in [-0.25, -0.2) is 9.37 Å². The monoisotopic (exact) mass is 560 g/mol. The van der Waals surface area contributed by atoms with Crippen LogP contribution in [0.15, 0.2) is 24.4 Å². The summed E-state index contributed by atoms with van der Waals surface area (Å²) in [4.78, 5) is 11.1. The van der Waals surface area contributed by atoms with Gasteiger partial charge in [-0.3, -0.25) is 5.10 Å². The van der Waals surface area contributed by atoms with Gasteiger partial charge in [0.2, 0.25) is 5.95 Å². The minimum Gasteiger partial charge on any atom is -0.322 e. The zero-order valence-electron chi connectivity index (χ0n) is 18.6. The van der Waals surface area contributed by atoms with Crippen LogP contribution in [0.25, 0.3) is 0 Å². The molecule has 172 valence electrons. The summed E-state index contributed by atoms with van der Waals surface area (Å²) < 4.78 is 15.9. The Morgan fingerprint density at radius 3 is 2.73 bits per heavy atom. The van der Waals surface area contributed by atoms with Gasteiger partial charge in [0.15, 0.2) is 11.6 Å². The third kappa shape index (κ3) is 5.78. The average Bonchev–Trinajstić information content (AvgIpc) is 3.22. The molecule has 0 atom stereocenters. The van der Waals surface area contributed by atoms with Crippen LogP contribution in [0.2, 0.25) is 0 Å². The summed E-state index contributed by atoms with van der Waals surface area (Å²) in [5.74, 6) is 1.57. The van der Waals surface area contributed by atoms with Gasteiger partial charge in [-0.05, 0) is 91.5 Å². The second-order valence-corrected chi connectivity index (χ2v) is 9.45. The number of aryl methyl sites for hydroxylation is 2. The second-order valence-electron chi connectivity index (χ2n) is 8.29. The molecule has 3 heterocycles. The van der Waals surface area contributed by atoms with Crippen molar-refractivity contribution in [2.24, 2.45) is 0 Å². The highest BCUT2D eigenvalue weighted by atomic mass is 127. The van der Waals surface area contributed by atoms with Crippen molar-refractivity contribution in [2.45, 2.75) is 39.0 Å². The van der Waals surface area contributed by atoms with Crippen molar-refractivity contribution in [1.82, 2.24) is 25.1 Å². The molecule has 1 fully saturated rings. The molecule has 10 heteroatoms. The zero-order valence-corrected chi connectivity index (χ0v) is 20.8. The highest BCUT2D eigenvalue weighted by Crippen LogP contribution is 2.33. The van der Waals surface area contributed by atoms with Gasteiger partial charge in [-0.1, -0.05) is 0 Å². The first kappa shape index (κ1) is 23.4. The molecule has 1 aliphatic rings. The molecule has 1 saturated heterocycles. The summed E-state index contributed by atoms with van der Waals surface area (Å²) in [5.41, 5.74) is 3.39. The molecule has 4 rings (SSSR count). The standard InChI is InChI=1S/C23H26FIN8/c1-14-10-20(18(24)12-17(14)16-4-8-33(9-5-16)7-3-6-26)28-23-27-13-19(25)22(30-23)29-21-11-15(2)31-32-21/h10-13,16H,3-5,7-9H2,1-2H3,(H3,27,28,29,30,31,32). The lowest BCUT2D eigenvalue weighted by Gasteiger charge is -2.32. The van der Waals surface area contributed by atoms with E-state index in [2.05, 4.69) is 64.4 Å². The lowest BCUT2D eigenvalue weighted by atomic mass is 9.86. The van der Waals surface area contributed by atoms with E-state index in [1.54, 1.807) is 12.3 Å². The van der Waals surface area contributed by atoms with E-state index in [0.29, 0.717) is 35.6 Å². The Morgan fingerprint density at radius 1 is 1.24 bits per heavy atom. The molecule has 0 aliphatic carbocycles. The number of nitrogens with one attached hydrogen (secondary N) is 3. The van der Waals surface area contributed by atoms with E-state index in [4.69, 9.17) is 5.26 Å². The predicted molar refractivity (Wildman–Crippen MR) is 134 cm³/mol. The molecule has 2 aromatic heterocycles. The molecule has 8 nitrogen and oxygen atoms in total.